The van der Waals surface area contributed by atoms with Crippen molar-refractivity contribution in [3.63, 3.8) is 0 Å². The van der Waals surface area contributed by atoms with Gasteiger partial charge >= 0.3 is 0 Å². The number of thiazole rings is 1. The van der Waals surface area contributed by atoms with Crippen molar-refractivity contribution >= 4 is 21.2 Å². The number of aromatic nitrogens is 1. The Labute approximate surface area is 177 Å². The molecule has 0 atom stereocenters. The van der Waals surface area contributed by atoms with Gasteiger partial charge in [-0.3, -0.25) is 4.90 Å². The molecule has 0 spiro atoms. The average molecular weight is 427 g/mol. The van der Waals surface area contributed by atoms with E-state index in [1.165, 1.54) is 17.5 Å². The summed E-state index contributed by atoms with van der Waals surface area (Å²) in [5.41, 5.74) is 3.67. The first-order valence-corrected chi connectivity index (χ1v) is 12.6. The molecule has 2 aromatic carbocycles. The molecule has 0 aliphatic carbocycles. The Bertz CT molecular complexity index is 1070. The van der Waals surface area contributed by atoms with E-state index >= 15 is 0 Å². The number of piperidine rings is 1. The molecule has 3 aromatic rings. The zero-order chi connectivity index (χ0) is 20.5. The first-order chi connectivity index (χ1) is 13.9. The average Bonchev–Trinajstić information content (AvgIpc) is 3.16. The van der Waals surface area contributed by atoms with Crippen molar-refractivity contribution in [2.24, 2.45) is 0 Å². The van der Waals surface area contributed by atoms with Gasteiger partial charge in [0.25, 0.3) is 0 Å². The Morgan fingerprint density at radius 2 is 1.69 bits per heavy atom. The predicted octanol–water partition coefficient (Wildman–Crippen LogP) is 4.44. The minimum Gasteiger partial charge on any atom is -0.299 e. The van der Waals surface area contributed by atoms with Crippen molar-refractivity contribution in [3.05, 3.63) is 81.8 Å². The maximum absolute atomic E-state index is 11.7. The van der Waals surface area contributed by atoms with Crippen molar-refractivity contribution in [2.45, 2.75) is 36.6 Å². The third kappa shape index (κ3) is 4.29. The molecule has 152 valence electrons. The van der Waals surface area contributed by atoms with Gasteiger partial charge in [0.05, 0.1) is 15.6 Å². The van der Waals surface area contributed by atoms with E-state index in [9.17, 15) is 8.42 Å². The molecule has 6 heteroatoms. The second-order valence-electron chi connectivity index (χ2n) is 7.89. The monoisotopic (exact) mass is 426 g/mol. The highest BCUT2D eigenvalue weighted by Gasteiger charge is 2.39. The molecule has 1 aromatic heterocycles. The maximum atomic E-state index is 11.7. The summed E-state index contributed by atoms with van der Waals surface area (Å²) < 4.78 is 23.3. The molecule has 29 heavy (non-hydrogen) atoms. The van der Waals surface area contributed by atoms with Crippen molar-refractivity contribution in [1.29, 1.82) is 0 Å². The molecule has 0 amide bonds. The van der Waals surface area contributed by atoms with Gasteiger partial charge in [0, 0.05) is 23.6 Å². The Morgan fingerprint density at radius 3 is 2.24 bits per heavy atom. The van der Waals surface area contributed by atoms with E-state index in [1.807, 2.05) is 12.1 Å². The molecule has 0 saturated carbocycles. The third-order valence-corrected chi connectivity index (χ3v) is 7.80. The van der Waals surface area contributed by atoms with Crippen LogP contribution in [-0.4, -0.2) is 37.6 Å². The molecular formula is C23H26N2O2S2. The lowest BCUT2D eigenvalue weighted by atomic mass is 9.70. The standard InChI is InChI=1S/C23H26N2O2S2/c1-18-24-22(17-28-18)23(20-6-4-3-5-7-20)12-14-25(15-13-23)16-19-8-10-21(11-9-19)29(2,26)27/h3-11,17H,12-16H2,1-2H3. The third-order valence-electron chi connectivity index (χ3n) is 5.90. The van der Waals surface area contributed by atoms with E-state index in [2.05, 4.69) is 47.5 Å². The van der Waals surface area contributed by atoms with Crippen molar-refractivity contribution < 1.29 is 8.42 Å². The number of hydrogen-bond acceptors (Lipinski definition) is 5. The van der Waals surface area contributed by atoms with E-state index in [-0.39, 0.29) is 5.41 Å². The number of rotatable bonds is 5. The second-order valence-corrected chi connectivity index (χ2v) is 11.0. The summed E-state index contributed by atoms with van der Waals surface area (Å²) >= 11 is 1.72. The Morgan fingerprint density at radius 1 is 1.03 bits per heavy atom. The molecule has 1 aliphatic rings. The zero-order valence-corrected chi connectivity index (χ0v) is 18.5. The summed E-state index contributed by atoms with van der Waals surface area (Å²) in [7, 11) is -3.15. The predicted molar refractivity (Wildman–Crippen MR) is 118 cm³/mol. The van der Waals surface area contributed by atoms with Crippen LogP contribution < -0.4 is 0 Å². The first-order valence-electron chi connectivity index (χ1n) is 9.86. The number of aryl methyl sites for hydroxylation is 1. The van der Waals surface area contributed by atoms with Crippen LogP contribution in [-0.2, 0) is 21.8 Å². The molecular weight excluding hydrogens is 400 g/mol. The van der Waals surface area contributed by atoms with Crippen LogP contribution in [0.3, 0.4) is 0 Å². The molecule has 2 heterocycles. The number of likely N-dealkylation sites (tertiary alicyclic amines) is 1. The summed E-state index contributed by atoms with van der Waals surface area (Å²) in [6.45, 7) is 4.88. The van der Waals surface area contributed by atoms with Crippen LogP contribution in [0.15, 0.2) is 64.9 Å². The second kappa shape index (κ2) is 8.01. The van der Waals surface area contributed by atoms with E-state index < -0.39 is 9.84 Å². The summed E-state index contributed by atoms with van der Waals surface area (Å²) in [6, 6.07) is 18.0. The smallest absolute Gasteiger partial charge is 0.175 e. The van der Waals surface area contributed by atoms with E-state index in [1.54, 1.807) is 23.5 Å². The lowest BCUT2D eigenvalue weighted by Gasteiger charge is -2.41. The minimum atomic E-state index is -3.15. The quantitative estimate of drug-likeness (QED) is 0.605. The van der Waals surface area contributed by atoms with Gasteiger partial charge in [-0.15, -0.1) is 11.3 Å². The van der Waals surface area contributed by atoms with Crippen LogP contribution in [0.25, 0.3) is 0 Å². The highest BCUT2D eigenvalue weighted by Crippen LogP contribution is 2.42. The molecule has 1 saturated heterocycles. The highest BCUT2D eigenvalue weighted by molar-refractivity contribution is 7.90. The van der Waals surface area contributed by atoms with Crippen LogP contribution in [0.2, 0.25) is 0 Å². The SMILES string of the molecule is Cc1nc(C2(c3ccccc3)CCN(Cc3ccc(S(C)(=O)=O)cc3)CC2)cs1. The van der Waals surface area contributed by atoms with Crippen molar-refractivity contribution in [3.8, 4) is 0 Å². The minimum absolute atomic E-state index is 0.0251. The molecule has 4 nitrogen and oxygen atoms in total. The van der Waals surface area contributed by atoms with Gasteiger partial charge in [0.2, 0.25) is 0 Å². The molecule has 1 aliphatic heterocycles. The van der Waals surface area contributed by atoms with Crippen LogP contribution in [0.5, 0.6) is 0 Å². The van der Waals surface area contributed by atoms with Crippen LogP contribution in [0.4, 0.5) is 0 Å². The number of nitrogens with zero attached hydrogens (tertiary/aromatic N) is 2. The Hall–Kier alpha value is -2.02. The molecule has 0 bridgehead atoms. The topological polar surface area (TPSA) is 50.3 Å². The van der Waals surface area contributed by atoms with Gasteiger partial charge in [0.15, 0.2) is 9.84 Å². The summed E-state index contributed by atoms with van der Waals surface area (Å²) in [5.74, 6) is 0. The van der Waals surface area contributed by atoms with Gasteiger partial charge in [-0.25, -0.2) is 13.4 Å². The highest BCUT2D eigenvalue weighted by atomic mass is 32.2. The first kappa shape index (κ1) is 20.3. The number of benzene rings is 2. The van der Waals surface area contributed by atoms with Crippen LogP contribution in [0, 0.1) is 6.92 Å². The van der Waals surface area contributed by atoms with Crippen molar-refractivity contribution in [1.82, 2.24) is 9.88 Å². The van der Waals surface area contributed by atoms with E-state index in [0.717, 1.165) is 43.0 Å². The maximum Gasteiger partial charge on any atom is 0.175 e. The van der Waals surface area contributed by atoms with Crippen molar-refractivity contribution in [2.75, 3.05) is 19.3 Å². The molecule has 1 fully saturated rings. The van der Waals surface area contributed by atoms with Gasteiger partial charge in [0.1, 0.15) is 0 Å². The van der Waals surface area contributed by atoms with Gasteiger partial charge in [-0.1, -0.05) is 42.5 Å². The molecule has 0 N–H and O–H groups in total. The lowest BCUT2D eigenvalue weighted by Crippen LogP contribution is -2.43. The van der Waals surface area contributed by atoms with Gasteiger partial charge in [-0.05, 0) is 56.1 Å². The largest absolute Gasteiger partial charge is 0.299 e. The van der Waals surface area contributed by atoms with E-state index in [0.29, 0.717) is 4.90 Å². The van der Waals surface area contributed by atoms with Gasteiger partial charge in [-0.2, -0.15) is 0 Å². The number of hydrogen-bond donors (Lipinski definition) is 0. The van der Waals surface area contributed by atoms with Crippen LogP contribution >= 0.6 is 11.3 Å². The summed E-state index contributed by atoms with van der Waals surface area (Å²) in [4.78, 5) is 7.70. The number of sulfone groups is 1. The Kier molecular flexibility index (Phi) is 5.60. The fourth-order valence-corrected chi connectivity index (χ4v) is 5.57. The fraction of sp³-hybridized carbons (Fsp3) is 0.348. The molecule has 0 radical (unpaired) electrons. The normalized spacial score (nSPS) is 17.3. The van der Waals surface area contributed by atoms with E-state index in [4.69, 9.17) is 4.98 Å². The van der Waals surface area contributed by atoms with Crippen LogP contribution in [0.1, 0.15) is 34.7 Å². The van der Waals surface area contributed by atoms with Gasteiger partial charge < -0.3 is 0 Å². The Balaban J connectivity index is 1.51. The summed E-state index contributed by atoms with van der Waals surface area (Å²) in [6.07, 6.45) is 3.30. The fourth-order valence-electron chi connectivity index (χ4n) is 4.23. The lowest BCUT2D eigenvalue weighted by molar-refractivity contribution is 0.170. The zero-order valence-electron chi connectivity index (χ0n) is 16.8. The molecule has 0 unspecified atom stereocenters. The summed E-state index contributed by atoms with van der Waals surface area (Å²) in [5, 5.41) is 3.34. The molecule has 4 rings (SSSR count).